The molecule has 2 amide bonds. The summed E-state index contributed by atoms with van der Waals surface area (Å²) in [6.45, 7) is 6.10. The third-order valence-corrected chi connectivity index (χ3v) is 7.66. The maximum absolute atomic E-state index is 14.5. The Morgan fingerprint density at radius 2 is 1.49 bits per heavy atom. The van der Waals surface area contributed by atoms with Gasteiger partial charge in [-0.1, -0.05) is 54.6 Å². The van der Waals surface area contributed by atoms with Crippen molar-refractivity contribution in [2.24, 2.45) is 0 Å². The fourth-order valence-corrected chi connectivity index (χ4v) is 5.37. The Kier molecular flexibility index (Phi) is 9.04. The lowest BCUT2D eigenvalue weighted by atomic mass is 10.1. The Morgan fingerprint density at radius 1 is 0.892 bits per heavy atom. The van der Waals surface area contributed by atoms with E-state index < -0.39 is 40.2 Å². The molecule has 0 bridgehead atoms. The number of para-hydroxylation sites is 1. The summed E-state index contributed by atoms with van der Waals surface area (Å²) in [5.41, 5.74) is 1.21. The van der Waals surface area contributed by atoms with E-state index in [4.69, 9.17) is 0 Å². The molecule has 0 heterocycles. The van der Waals surface area contributed by atoms with Gasteiger partial charge in [0.25, 0.3) is 10.0 Å². The fourth-order valence-electron chi connectivity index (χ4n) is 3.87. The molecule has 0 aliphatic heterocycles. The van der Waals surface area contributed by atoms with E-state index in [1.54, 1.807) is 76.2 Å². The van der Waals surface area contributed by atoms with E-state index in [2.05, 4.69) is 5.32 Å². The number of hydrogen-bond acceptors (Lipinski definition) is 4. The molecule has 3 aromatic carbocycles. The number of anilines is 1. The zero-order valence-corrected chi connectivity index (χ0v) is 22.2. The van der Waals surface area contributed by atoms with Gasteiger partial charge in [0.1, 0.15) is 18.4 Å². The van der Waals surface area contributed by atoms with E-state index in [1.165, 1.54) is 35.2 Å². The molecule has 0 aromatic heterocycles. The van der Waals surface area contributed by atoms with Gasteiger partial charge in [0.15, 0.2) is 0 Å². The van der Waals surface area contributed by atoms with Gasteiger partial charge in [-0.2, -0.15) is 0 Å². The van der Waals surface area contributed by atoms with Crippen molar-refractivity contribution in [3.8, 4) is 0 Å². The number of nitrogens with zero attached hydrogens (tertiary/aromatic N) is 2. The molecule has 3 aromatic rings. The molecule has 0 spiro atoms. The number of nitrogens with one attached hydrogen (secondary N) is 1. The molecule has 1 atom stereocenters. The molecule has 0 unspecified atom stereocenters. The van der Waals surface area contributed by atoms with Crippen molar-refractivity contribution in [3.05, 3.63) is 95.8 Å². The van der Waals surface area contributed by atoms with Crippen LogP contribution in [0.1, 0.15) is 31.9 Å². The number of rotatable bonds is 10. The van der Waals surface area contributed by atoms with Crippen molar-refractivity contribution < 1.29 is 22.4 Å². The summed E-state index contributed by atoms with van der Waals surface area (Å²) in [7, 11) is -4.14. The summed E-state index contributed by atoms with van der Waals surface area (Å²) in [6.07, 6.45) is 0. The second kappa shape index (κ2) is 12.0. The van der Waals surface area contributed by atoms with Gasteiger partial charge in [0.05, 0.1) is 10.6 Å². The number of amides is 2. The highest BCUT2D eigenvalue weighted by molar-refractivity contribution is 7.92. The maximum Gasteiger partial charge on any atom is 0.264 e. The number of halogens is 1. The van der Waals surface area contributed by atoms with E-state index >= 15 is 0 Å². The summed E-state index contributed by atoms with van der Waals surface area (Å²) in [5, 5.41) is 2.77. The van der Waals surface area contributed by atoms with Crippen molar-refractivity contribution in [3.63, 3.8) is 0 Å². The average molecular weight is 526 g/mol. The Bertz CT molecular complexity index is 1350. The molecule has 196 valence electrons. The quantitative estimate of drug-likeness (QED) is 0.428. The minimum Gasteiger partial charge on any atom is -0.352 e. The van der Waals surface area contributed by atoms with Crippen LogP contribution in [0, 0.1) is 12.7 Å². The van der Waals surface area contributed by atoms with Gasteiger partial charge >= 0.3 is 0 Å². The smallest absolute Gasteiger partial charge is 0.264 e. The zero-order chi connectivity index (χ0) is 27.2. The highest BCUT2D eigenvalue weighted by Gasteiger charge is 2.33. The minimum absolute atomic E-state index is 0.0253. The van der Waals surface area contributed by atoms with E-state index in [0.29, 0.717) is 11.3 Å². The van der Waals surface area contributed by atoms with E-state index in [0.717, 1.165) is 4.31 Å². The first-order valence-corrected chi connectivity index (χ1v) is 13.4. The summed E-state index contributed by atoms with van der Waals surface area (Å²) < 4.78 is 43.0. The Morgan fingerprint density at radius 3 is 2.11 bits per heavy atom. The SMILES string of the molecule is Cc1ccccc1N(CC(=O)N(Cc1ccccc1F)[C@H](C)C(=O)NC(C)C)S(=O)(=O)c1ccccc1. The van der Waals surface area contributed by atoms with Crippen LogP contribution < -0.4 is 9.62 Å². The largest absolute Gasteiger partial charge is 0.352 e. The zero-order valence-electron chi connectivity index (χ0n) is 21.4. The maximum atomic E-state index is 14.5. The first kappa shape index (κ1) is 27.9. The molecule has 0 saturated heterocycles. The average Bonchev–Trinajstić information content (AvgIpc) is 2.87. The standard InChI is InChI=1S/C28H32FN3O4S/c1-20(2)30-28(34)22(4)31(18-23-13-9-10-16-25(23)29)27(33)19-32(26-17-11-8-12-21(26)3)37(35,36)24-14-6-5-7-15-24/h5-17,20,22H,18-19H2,1-4H3,(H,30,34)/t22-/m1/s1. The number of carbonyl (C=O) groups excluding carboxylic acids is 2. The van der Waals surface area contributed by atoms with Crippen LogP contribution >= 0.6 is 0 Å². The van der Waals surface area contributed by atoms with Gasteiger partial charge in [-0.3, -0.25) is 13.9 Å². The Balaban J connectivity index is 2.04. The topological polar surface area (TPSA) is 86.8 Å². The molecule has 7 nitrogen and oxygen atoms in total. The van der Waals surface area contributed by atoms with Crippen LogP contribution in [0.5, 0.6) is 0 Å². The number of carbonyl (C=O) groups is 2. The first-order valence-electron chi connectivity index (χ1n) is 12.0. The van der Waals surface area contributed by atoms with Crippen molar-refractivity contribution >= 4 is 27.5 Å². The lowest BCUT2D eigenvalue weighted by molar-refractivity contribution is -0.139. The normalized spacial score (nSPS) is 12.2. The van der Waals surface area contributed by atoms with Gasteiger partial charge in [-0.15, -0.1) is 0 Å². The highest BCUT2D eigenvalue weighted by atomic mass is 32.2. The lowest BCUT2D eigenvalue weighted by Crippen LogP contribution is -2.52. The molecule has 0 fully saturated rings. The van der Waals surface area contributed by atoms with Gasteiger partial charge < -0.3 is 10.2 Å². The van der Waals surface area contributed by atoms with Gasteiger partial charge in [0, 0.05) is 18.2 Å². The molecule has 3 rings (SSSR count). The van der Waals surface area contributed by atoms with Crippen molar-refractivity contribution in [1.82, 2.24) is 10.2 Å². The number of sulfonamides is 1. The van der Waals surface area contributed by atoms with E-state index in [9.17, 15) is 22.4 Å². The van der Waals surface area contributed by atoms with Crippen molar-refractivity contribution in [1.29, 1.82) is 0 Å². The second-order valence-corrected chi connectivity index (χ2v) is 10.9. The number of hydrogen-bond donors (Lipinski definition) is 1. The van der Waals surface area contributed by atoms with Crippen LogP contribution in [0.25, 0.3) is 0 Å². The van der Waals surface area contributed by atoms with Crippen LogP contribution in [0.2, 0.25) is 0 Å². The summed E-state index contributed by atoms with van der Waals surface area (Å²) in [6, 6.07) is 19.5. The number of aryl methyl sites for hydroxylation is 1. The van der Waals surface area contributed by atoms with E-state index in [-0.39, 0.29) is 23.0 Å². The van der Waals surface area contributed by atoms with Gasteiger partial charge in [0.2, 0.25) is 11.8 Å². The van der Waals surface area contributed by atoms with Crippen LogP contribution in [-0.2, 0) is 26.2 Å². The molecule has 0 aliphatic carbocycles. The van der Waals surface area contributed by atoms with Crippen molar-refractivity contribution in [2.45, 2.75) is 51.2 Å². The van der Waals surface area contributed by atoms with Crippen LogP contribution in [0.4, 0.5) is 10.1 Å². The predicted octanol–water partition coefficient (Wildman–Crippen LogP) is 4.27. The van der Waals surface area contributed by atoms with Gasteiger partial charge in [-0.05, 0) is 57.5 Å². The van der Waals surface area contributed by atoms with Crippen LogP contribution in [-0.4, -0.2) is 43.8 Å². The molecule has 37 heavy (non-hydrogen) atoms. The molecular weight excluding hydrogens is 493 g/mol. The second-order valence-electron chi connectivity index (χ2n) is 9.06. The van der Waals surface area contributed by atoms with Crippen LogP contribution in [0.3, 0.4) is 0 Å². The third-order valence-electron chi connectivity index (χ3n) is 5.89. The van der Waals surface area contributed by atoms with E-state index in [1.807, 2.05) is 0 Å². The van der Waals surface area contributed by atoms with Crippen molar-refractivity contribution in [2.75, 3.05) is 10.8 Å². The molecule has 0 saturated carbocycles. The molecule has 0 aliphatic rings. The molecule has 9 heteroatoms. The Hall–Kier alpha value is -3.72. The van der Waals surface area contributed by atoms with Gasteiger partial charge in [-0.25, -0.2) is 12.8 Å². The highest BCUT2D eigenvalue weighted by Crippen LogP contribution is 2.27. The number of benzene rings is 3. The third kappa shape index (κ3) is 6.74. The molecular formula is C28H32FN3O4S. The lowest BCUT2D eigenvalue weighted by Gasteiger charge is -2.32. The summed E-state index contributed by atoms with van der Waals surface area (Å²) >= 11 is 0. The van der Waals surface area contributed by atoms with Crippen LogP contribution in [0.15, 0.2) is 83.8 Å². The first-order chi connectivity index (χ1) is 17.5. The Labute approximate surface area is 218 Å². The molecule has 1 N–H and O–H groups in total. The summed E-state index contributed by atoms with van der Waals surface area (Å²) in [4.78, 5) is 27.9. The predicted molar refractivity (Wildman–Crippen MR) is 142 cm³/mol. The minimum atomic E-state index is -4.14. The summed E-state index contributed by atoms with van der Waals surface area (Å²) in [5.74, 6) is -1.59. The fraction of sp³-hybridized carbons (Fsp3) is 0.286. The monoisotopic (exact) mass is 525 g/mol. The molecule has 0 radical (unpaired) electrons.